The van der Waals surface area contributed by atoms with Crippen LogP contribution in [0.4, 0.5) is 4.39 Å². The van der Waals surface area contributed by atoms with Crippen LogP contribution >= 0.6 is 0 Å². The summed E-state index contributed by atoms with van der Waals surface area (Å²) in [4.78, 5) is -0.319. The normalized spacial score (nSPS) is 22.6. The maximum Gasteiger partial charge on any atom is 0.242 e. The van der Waals surface area contributed by atoms with Crippen LogP contribution in [0.3, 0.4) is 0 Å². The number of nitriles is 1. The van der Waals surface area contributed by atoms with E-state index >= 15 is 0 Å². The van der Waals surface area contributed by atoms with Gasteiger partial charge in [-0.1, -0.05) is 6.07 Å². The molecule has 1 N–H and O–H groups in total. The SMILES string of the molecule is COC1CCC(NS(=O)(=O)c2cccc(F)c2C#N)C1. The van der Waals surface area contributed by atoms with Crippen molar-refractivity contribution in [1.29, 1.82) is 5.26 Å². The summed E-state index contributed by atoms with van der Waals surface area (Å²) < 4.78 is 45.7. The molecule has 1 aliphatic rings. The van der Waals surface area contributed by atoms with Gasteiger partial charge in [-0.2, -0.15) is 5.26 Å². The Morgan fingerprint density at radius 2 is 2.20 bits per heavy atom. The number of nitrogens with zero attached hydrogens (tertiary/aromatic N) is 1. The molecule has 1 aromatic carbocycles. The smallest absolute Gasteiger partial charge is 0.242 e. The van der Waals surface area contributed by atoms with Gasteiger partial charge in [0.2, 0.25) is 10.0 Å². The zero-order valence-corrected chi connectivity index (χ0v) is 11.8. The van der Waals surface area contributed by atoms with E-state index in [9.17, 15) is 12.8 Å². The summed E-state index contributed by atoms with van der Waals surface area (Å²) in [7, 11) is -2.32. The summed E-state index contributed by atoms with van der Waals surface area (Å²) in [5.41, 5.74) is -0.457. The Hall–Kier alpha value is -1.49. The van der Waals surface area contributed by atoms with E-state index in [1.165, 1.54) is 12.1 Å². The Labute approximate surface area is 117 Å². The van der Waals surface area contributed by atoms with Crippen molar-refractivity contribution in [2.45, 2.75) is 36.3 Å². The van der Waals surface area contributed by atoms with Gasteiger partial charge in [-0.3, -0.25) is 0 Å². The van der Waals surface area contributed by atoms with Crippen molar-refractivity contribution < 1.29 is 17.5 Å². The van der Waals surface area contributed by atoms with Crippen LogP contribution in [-0.2, 0) is 14.8 Å². The first-order valence-electron chi connectivity index (χ1n) is 6.21. The Bertz CT molecular complexity index is 640. The Morgan fingerprint density at radius 3 is 2.80 bits per heavy atom. The van der Waals surface area contributed by atoms with Gasteiger partial charge in [-0.05, 0) is 31.4 Å². The average Bonchev–Trinajstić information content (AvgIpc) is 2.85. The fraction of sp³-hybridized carbons (Fsp3) is 0.462. The number of halogens is 1. The first kappa shape index (κ1) is 14.9. The third-order valence-electron chi connectivity index (χ3n) is 3.42. The molecule has 1 aliphatic carbocycles. The summed E-state index contributed by atoms with van der Waals surface area (Å²) in [5, 5.41) is 8.90. The molecule has 7 heteroatoms. The second-order valence-corrected chi connectivity index (χ2v) is 6.40. The van der Waals surface area contributed by atoms with Crippen molar-refractivity contribution in [2.24, 2.45) is 0 Å². The molecule has 1 aromatic rings. The fourth-order valence-corrected chi connectivity index (χ4v) is 3.83. The average molecular weight is 298 g/mol. The molecule has 1 saturated carbocycles. The first-order chi connectivity index (χ1) is 9.47. The standard InChI is InChI=1S/C13H15FN2O3S/c1-19-10-6-5-9(7-10)16-20(17,18)13-4-2-3-12(14)11(13)8-15/h2-4,9-10,16H,5-7H2,1H3. The van der Waals surface area contributed by atoms with E-state index in [0.717, 1.165) is 12.5 Å². The van der Waals surface area contributed by atoms with Gasteiger partial charge < -0.3 is 4.74 Å². The van der Waals surface area contributed by atoms with Crippen molar-refractivity contribution in [3.05, 3.63) is 29.6 Å². The van der Waals surface area contributed by atoms with Gasteiger partial charge in [0.15, 0.2) is 0 Å². The van der Waals surface area contributed by atoms with Gasteiger partial charge >= 0.3 is 0 Å². The molecular weight excluding hydrogens is 283 g/mol. The van der Waals surface area contributed by atoms with Gasteiger partial charge in [0.25, 0.3) is 0 Å². The Morgan fingerprint density at radius 1 is 1.45 bits per heavy atom. The van der Waals surface area contributed by atoms with Gasteiger partial charge in [0.05, 0.1) is 6.10 Å². The van der Waals surface area contributed by atoms with Crippen molar-refractivity contribution in [3.63, 3.8) is 0 Å². The molecular formula is C13H15FN2O3S. The van der Waals surface area contributed by atoms with Crippen molar-refractivity contribution >= 4 is 10.0 Å². The lowest BCUT2D eigenvalue weighted by Crippen LogP contribution is -2.34. The second-order valence-electron chi connectivity index (χ2n) is 4.71. The molecule has 5 nitrogen and oxygen atoms in total. The van der Waals surface area contributed by atoms with Crippen LogP contribution in [0.5, 0.6) is 0 Å². The molecule has 0 aromatic heterocycles. The zero-order chi connectivity index (χ0) is 14.8. The van der Waals surface area contributed by atoms with E-state index in [0.29, 0.717) is 12.8 Å². The third-order valence-corrected chi connectivity index (χ3v) is 4.98. The number of ether oxygens (including phenoxy) is 1. The van der Waals surface area contributed by atoms with Gasteiger partial charge in [-0.25, -0.2) is 17.5 Å². The fourth-order valence-electron chi connectivity index (χ4n) is 2.38. The number of methoxy groups -OCH3 is 1. The van der Waals surface area contributed by atoms with Crippen LogP contribution in [0.2, 0.25) is 0 Å². The van der Waals surface area contributed by atoms with Crippen LogP contribution in [0.25, 0.3) is 0 Å². The summed E-state index contributed by atoms with van der Waals surface area (Å²) in [5.74, 6) is -0.837. The minimum atomic E-state index is -3.91. The summed E-state index contributed by atoms with van der Waals surface area (Å²) in [6, 6.07) is 4.91. The van der Waals surface area contributed by atoms with E-state index in [1.807, 2.05) is 0 Å². The molecule has 0 saturated heterocycles. The molecule has 1 fully saturated rings. The minimum Gasteiger partial charge on any atom is -0.381 e. The van der Waals surface area contributed by atoms with E-state index < -0.39 is 21.4 Å². The highest BCUT2D eigenvalue weighted by atomic mass is 32.2. The molecule has 2 rings (SSSR count). The minimum absolute atomic E-state index is 0.0330. The Balaban J connectivity index is 2.24. The molecule has 2 atom stereocenters. The maximum absolute atomic E-state index is 13.5. The van der Waals surface area contributed by atoms with Crippen molar-refractivity contribution in [1.82, 2.24) is 4.72 Å². The molecule has 0 bridgehead atoms. The van der Waals surface area contributed by atoms with Gasteiger partial charge in [0.1, 0.15) is 22.3 Å². The molecule has 0 aliphatic heterocycles. The number of rotatable bonds is 4. The number of hydrogen-bond acceptors (Lipinski definition) is 4. The van der Waals surface area contributed by atoms with Crippen molar-refractivity contribution in [2.75, 3.05) is 7.11 Å². The van der Waals surface area contributed by atoms with Crippen LogP contribution in [-0.4, -0.2) is 27.7 Å². The lowest BCUT2D eigenvalue weighted by molar-refractivity contribution is 0.107. The lowest BCUT2D eigenvalue weighted by Gasteiger charge is -2.14. The van der Waals surface area contributed by atoms with Gasteiger partial charge in [-0.15, -0.1) is 0 Å². The lowest BCUT2D eigenvalue weighted by atomic mass is 10.2. The third kappa shape index (κ3) is 2.98. The largest absolute Gasteiger partial charge is 0.381 e. The van der Waals surface area contributed by atoms with Crippen LogP contribution in [0, 0.1) is 17.1 Å². The Kier molecular flexibility index (Phi) is 4.38. The highest BCUT2D eigenvalue weighted by molar-refractivity contribution is 7.89. The quantitative estimate of drug-likeness (QED) is 0.914. The summed E-state index contributed by atoms with van der Waals surface area (Å²) in [6.07, 6.45) is 2.05. The van der Waals surface area contributed by atoms with E-state index in [1.54, 1.807) is 13.2 Å². The monoisotopic (exact) mass is 298 g/mol. The molecule has 0 heterocycles. The van der Waals surface area contributed by atoms with Crippen LogP contribution < -0.4 is 4.72 Å². The predicted octanol–water partition coefficient (Wildman–Crippen LogP) is 1.54. The molecule has 0 spiro atoms. The van der Waals surface area contributed by atoms with Crippen LogP contribution in [0.1, 0.15) is 24.8 Å². The number of nitrogens with one attached hydrogen (secondary N) is 1. The zero-order valence-electron chi connectivity index (χ0n) is 11.0. The van der Waals surface area contributed by atoms with Gasteiger partial charge in [0, 0.05) is 13.2 Å². The second kappa shape index (κ2) is 5.87. The molecule has 108 valence electrons. The molecule has 0 amide bonds. The summed E-state index contributed by atoms with van der Waals surface area (Å²) in [6.45, 7) is 0. The van der Waals surface area contributed by atoms with Crippen LogP contribution in [0.15, 0.2) is 23.1 Å². The molecule has 20 heavy (non-hydrogen) atoms. The highest BCUT2D eigenvalue weighted by Crippen LogP contribution is 2.24. The number of sulfonamides is 1. The molecule has 0 radical (unpaired) electrons. The molecule has 2 unspecified atom stereocenters. The predicted molar refractivity (Wildman–Crippen MR) is 69.9 cm³/mol. The highest BCUT2D eigenvalue weighted by Gasteiger charge is 2.30. The van der Waals surface area contributed by atoms with E-state index in [4.69, 9.17) is 10.00 Å². The topological polar surface area (TPSA) is 79.2 Å². The number of hydrogen-bond donors (Lipinski definition) is 1. The van der Waals surface area contributed by atoms with E-state index in [2.05, 4.69) is 4.72 Å². The number of benzene rings is 1. The van der Waals surface area contributed by atoms with E-state index in [-0.39, 0.29) is 17.0 Å². The first-order valence-corrected chi connectivity index (χ1v) is 7.70. The van der Waals surface area contributed by atoms with Crippen molar-refractivity contribution in [3.8, 4) is 6.07 Å². The summed E-state index contributed by atoms with van der Waals surface area (Å²) >= 11 is 0. The maximum atomic E-state index is 13.5.